The first kappa shape index (κ1) is 16.9. The summed E-state index contributed by atoms with van der Waals surface area (Å²) in [6.45, 7) is 1.04. The monoisotopic (exact) mass is 352 g/mol. The average molecular weight is 353 g/mol. The summed E-state index contributed by atoms with van der Waals surface area (Å²) in [5, 5.41) is 6.72. The van der Waals surface area contributed by atoms with Gasteiger partial charge in [-0.25, -0.2) is 9.97 Å². The lowest BCUT2D eigenvalue weighted by molar-refractivity contribution is 0.0946. The van der Waals surface area contributed by atoms with Gasteiger partial charge in [-0.05, 0) is 23.3 Å². The molecule has 0 fully saturated rings. The number of benzene rings is 2. The molecule has 5 nitrogen and oxygen atoms in total. The molecule has 0 atom stereocenters. The molecular weight excluding hydrogens is 336 g/mol. The number of hydrogen-bond donors (Lipinski definition) is 2. The van der Waals surface area contributed by atoms with Crippen LogP contribution >= 0.6 is 11.6 Å². The number of carbonyl (C=O) groups is 1. The average Bonchev–Trinajstić information content (AvgIpc) is 2.67. The molecule has 0 unspecified atom stereocenters. The zero-order chi connectivity index (χ0) is 17.5. The highest BCUT2D eigenvalue weighted by atomic mass is 35.5. The maximum Gasteiger partial charge on any atom is 0.270 e. The molecule has 0 radical (unpaired) electrons. The Balaban J connectivity index is 1.58. The molecule has 1 amide bonds. The van der Waals surface area contributed by atoms with Crippen molar-refractivity contribution in [3.05, 3.63) is 88.8 Å². The fraction of sp³-hybridized carbons (Fsp3) is 0.105. The van der Waals surface area contributed by atoms with Crippen LogP contribution < -0.4 is 10.6 Å². The Morgan fingerprint density at radius 3 is 2.40 bits per heavy atom. The fourth-order valence-corrected chi connectivity index (χ4v) is 2.37. The molecule has 2 aromatic carbocycles. The zero-order valence-corrected chi connectivity index (χ0v) is 14.2. The topological polar surface area (TPSA) is 66.9 Å². The summed E-state index contributed by atoms with van der Waals surface area (Å²) in [5.41, 5.74) is 2.42. The summed E-state index contributed by atoms with van der Waals surface area (Å²) in [6.07, 6.45) is 1.38. The van der Waals surface area contributed by atoms with E-state index in [1.165, 1.54) is 6.33 Å². The molecule has 0 saturated heterocycles. The van der Waals surface area contributed by atoms with Crippen LogP contribution in [0, 0.1) is 0 Å². The molecule has 0 bridgehead atoms. The van der Waals surface area contributed by atoms with Crippen LogP contribution in [0.4, 0.5) is 5.82 Å². The molecule has 0 spiro atoms. The summed E-state index contributed by atoms with van der Waals surface area (Å²) in [5.74, 6) is 0.357. The third kappa shape index (κ3) is 5.02. The van der Waals surface area contributed by atoms with Crippen LogP contribution in [-0.2, 0) is 13.1 Å². The summed E-state index contributed by atoms with van der Waals surface area (Å²) >= 11 is 5.87. The second kappa shape index (κ2) is 8.26. The Morgan fingerprint density at radius 2 is 1.64 bits per heavy atom. The van der Waals surface area contributed by atoms with Crippen molar-refractivity contribution < 1.29 is 4.79 Å². The molecule has 3 aromatic rings. The number of anilines is 1. The van der Waals surface area contributed by atoms with Gasteiger partial charge in [0, 0.05) is 24.2 Å². The highest BCUT2D eigenvalue weighted by molar-refractivity contribution is 6.30. The standard InChI is InChI=1S/C19H17ClN4O/c20-16-8-6-15(7-9-16)11-21-18-10-17(23-13-24-18)19(25)22-12-14-4-2-1-3-5-14/h1-10,13H,11-12H2,(H,22,25)(H,21,23,24). The molecule has 0 aliphatic rings. The van der Waals surface area contributed by atoms with Gasteiger partial charge in [-0.15, -0.1) is 0 Å². The highest BCUT2D eigenvalue weighted by Crippen LogP contribution is 2.11. The predicted molar refractivity (Wildman–Crippen MR) is 98.4 cm³/mol. The van der Waals surface area contributed by atoms with Crippen molar-refractivity contribution in [2.24, 2.45) is 0 Å². The van der Waals surface area contributed by atoms with Crippen molar-refractivity contribution >= 4 is 23.3 Å². The maximum absolute atomic E-state index is 12.2. The number of aromatic nitrogens is 2. The van der Waals surface area contributed by atoms with Gasteiger partial charge in [0.05, 0.1) is 0 Å². The molecule has 2 N–H and O–H groups in total. The lowest BCUT2D eigenvalue weighted by Crippen LogP contribution is -2.24. The fourth-order valence-electron chi connectivity index (χ4n) is 2.24. The molecule has 0 saturated carbocycles. The summed E-state index contributed by atoms with van der Waals surface area (Å²) in [6, 6.07) is 18.9. The number of hydrogen-bond acceptors (Lipinski definition) is 4. The number of nitrogens with zero attached hydrogens (tertiary/aromatic N) is 2. The number of nitrogens with one attached hydrogen (secondary N) is 2. The smallest absolute Gasteiger partial charge is 0.270 e. The van der Waals surface area contributed by atoms with E-state index in [1.807, 2.05) is 54.6 Å². The molecular formula is C19H17ClN4O. The molecule has 6 heteroatoms. The van der Waals surface area contributed by atoms with E-state index in [0.717, 1.165) is 11.1 Å². The van der Waals surface area contributed by atoms with Crippen LogP contribution in [-0.4, -0.2) is 15.9 Å². The first-order valence-electron chi connectivity index (χ1n) is 7.83. The predicted octanol–water partition coefficient (Wildman–Crippen LogP) is 3.67. The molecule has 1 aromatic heterocycles. The van der Waals surface area contributed by atoms with Crippen molar-refractivity contribution in [2.75, 3.05) is 5.32 Å². The molecule has 25 heavy (non-hydrogen) atoms. The van der Waals surface area contributed by atoms with Gasteiger partial charge in [-0.3, -0.25) is 4.79 Å². The Bertz CT molecular complexity index is 838. The van der Waals surface area contributed by atoms with Crippen molar-refractivity contribution in [2.45, 2.75) is 13.1 Å². The van der Waals surface area contributed by atoms with E-state index in [1.54, 1.807) is 6.07 Å². The minimum atomic E-state index is -0.235. The third-order valence-corrected chi connectivity index (χ3v) is 3.83. The van der Waals surface area contributed by atoms with E-state index >= 15 is 0 Å². The Labute approximate surface area is 151 Å². The summed E-state index contributed by atoms with van der Waals surface area (Å²) < 4.78 is 0. The van der Waals surface area contributed by atoms with Crippen LogP contribution in [0.3, 0.4) is 0 Å². The van der Waals surface area contributed by atoms with Gasteiger partial charge in [0.2, 0.25) is 0 Å². The Morgan fingerprint density at radius 1 is 0.920 bits per heavy atom. The Kier molecular flexibility index (Phi) is 5.59. The van der Waals surface area contributed by atoms with Crippen LogP contribution in [0.25, 0.3) is 0 Å². The minimum Gasteiger partial charge on any atom is -0.366 e. The quantitative estimate of drug-likeness (QED) is 0.710. The van der Waals surface area contributed by atoms with Crippen molar-refractivity contribution in [3.8, 4) is 0 Å². The van der Waals surface area contributed by atoms with E-state index in [9.17, 15) is 4.79 Å². The SMILES string of the molecule is O=C(NCc1ccccc1)c1cc(NCc2ccc(Cl)cc2)ncn1. The van der Waals surface area contributed by atoms with Crippen molar-refractivity contribution in [3.63, 3.8) is 0 Å². The number of carbonyl (C=O) groups excluding carboxylic acids is 1. The van der Waals surface area contributed by atoms with Gasteiger partial charge < -0.3 is 10.6 Å². The molecule has 126 valence electrons. The normalized spacial score (nSPS) is 10.3. The van der Waals surface area contributed by atoms with Gasteiger partial charge in [0.15, 0.2) is 0 Å². The van der Waals surface area contributed by atoms with Crippen LogP contribution in [0.1, 0.15) is 21.6 Å². The molecule has 0 aliphatic heterocycles. The zero-order valence-electron chi connectivity index (χ0n) is 13.4. The number of halogens is 1. The van der Waals surface area contributed by atoms with E-state index in [4.69, 9.17) is 11.6 Å². The van der Waals surface area contributed by atoms with Gasteiger partial charge in [0.25, 0.3) is 5.91 Å². The van der Waals surface area contributed by atoms with E-state index in [-0.39, 0.29) is 5.91 Å². The first-order valence-corrected chi connectivity index (χ1v) is 8.21. The third-order valence-electron chi connectivity index (χ3n) is 3.58. The van der Waals surface area contributed by atoms with Gasteiger partial charge in [0.1, 0.15) is 17.8 Å². The molecule has 1 heterocycles. The van der Waals surface area contributed by atoms with E-state index in [2.05, 4.69) is 20.6 Å². The maximum atomic E-state index is 12.2. The first-order chi connectivity index (χ1) is 12.2. The largest absolute Gasteiger partial charge is 0.366 e. The minimum absolute atomic E-state index is 0.235. The summed E-state index contributed by atoms with van der Waals surface area (Å²) in [4.78, 5) is 20.4. The van der Waals surface area contributed by atoms with E-state index < -0.39 is 0 Å². The highest BCUT2D eigenvalue weighted by Gasteiger charge is 2.08. The van der Waals surface area contributed by atoms with Gasteiger partial charge in [-0.2, -0.15) is 0 Å². The number of amides is 1. The second-order valence-electron chi connectivity index (χ2n) is 5.44. The molecule has 0 aliphatic carbocycles. The van der Waals surface area contributed by atoms with Crippen LogP contribution in [0.2, 0.25) is 5.02 Å². The Hall–Kier alpha value is -2.92. The number of rotatable bonds is 6. The lowest BCUT2D eigenvalue weighted by atomic mass is 10.2. The van der Waals surface area contributed by atoms with E-state index in [0.29, 0.717) is 29.6 Å². The van der Waals surface area contributed by atoms with Crippen LogP contribution in [0.5, 0.6) is 0 Å². The molecule has 3 rings (SSSR count). The lowest BCUT2D eigenvalue weighted by Gasteiger charge is -2.08. The van der Waals surface area contributed by atoms with Gasteiger partial charge in [-0.1, -0.05) is 54.1 Å². The van der Waals surface area contributed by atoms with Gasteiger partial charge >= 0.3 is 0 Å². The van der Waals surface area contributed by atoms with Crippen molar-refractivity contribution in [1.82, 2.24) is 15.3 Å². The van der Waals surface area contributed by atoms with Crippen molar-refractivity contribution in [1.29, 1.82) is 0 Å². The summed E-state index contributed by atoms with van der Waals surface area (Å²) in [7, 11) is 0. The van der Waals surface area contributed by atoms with Crippen LogP contribution in [0.15, 0.2) is 67.0 Å². The second-order valence-corrected chi connectivity index (χ2v) is 5.87.